The third kappa shape index (κ3) is 4.17. The number of benzene rings is 1. The van der Waals surface area contributed by atoms with Gasteiger partial charge in [-0.3, -0.25) is 4.90 Å². The number of hydrogen-bond donors (Lipinski definition) is 1. The highest BCUT2D eigenvalue weighted by Crippen LogP contribution is 2.28. The van der Waals surface area contributed by atoms with Crippen LogP contribution in [0, 0.1) is 5.82 Å². The molecule has 0 spiro atoms. The normalized spacial score (nSPS) is 15.3. The number of carboxylic acid groups (broad SMARTS) is 1. The molecular weight excluding hydrogens is 245 g/mol. The van der Waals surface area contributed by atoms with Crippen molar-refractivity contribution in [3.63, 3.8) is 0 Å². The minimum atomic E-state index is -1.03. The molecule has 19 heavy (non-hydrogen) atoms. The zero-order chi connectivity index (χ0) is 13.8. The Morgan fingerprint density at radius 1 is 1.47 bits per heavy atom. The lowest BCUT2D eigenvalue weighted by molar-refractivity contribution is -0.131. The zero-order valence-corrected chi connectivity index (χ0v) is 11.0. The van der Waals surface area contributed by atoms with E-state index in [9.17, 15) is 9.18 Å². The summed E-state index contributed by atoms with van der Waals surface area (Å²) < 4.78 is 13.5. The lowest BCUT2D eigenvalue weighted by Gasteiger charge is -2.20. The smallest absolute Gasteiger partial charge is 0.328 e. The number of nitrogens with zero attached hydrogens (tertiary/aromatic N) is 1. The molecule has 0 amide bonds. The van der Waals surface area contributed by atoms with E-state index in [1.807, 2.05) is 6.07 Å². The van der Waals surface area contributed by atoms with E-state index in [0.717, 1.165) is 18.2 Å². The van der Waals surface area contributed by atoms with Gasteiger partial charge < -0.3 is 5.11 Å². The summed E-state index contributed by atoms with van der Waals surface area (Å²) in [4.78, 5) is 12.8. The van der Waals surface area contributed by atoms with Gasteiger partial charge in [-0.05, 0) is 48.7 Å². The van der Waals surface area contributed by atoms with E-state index in [1.54, 1.807) is 0 Å². The van der Waals surface area contributed by atoms with Crippen LogP contribution in [0.2, 0.25) is 0 Å². The molecule has 1 aliphatic carbocycles. The van der Waals surface area contributed by atoms with Crippen molar-refractivity contribution in [2.75, 3.05) is 6.54 Å². The first-order chi connectivity index (χ1) is 9.08. The highest BCUT2D eigenvalue weighted by molar-refractivity contribution is 5.85. The van der Waals surface area contributed by atoms with Gasteiger partial charge in [0.15, 0.2) is 0 Å². The number of carboxylic acids is 1. The minimum absolute atomic E-state index is 0.325. The van der Waals surface area contributed by atoms with Crippen LogP contribution in [-0.2, 0) is 11.3 Å². The van der Waals surface area contributed by atoms with Crippen LogP contribution in [0.4, 0.5) is 4.39 Å². The molecule has 3 nitrogen and oxygen atoms in total. The maximum absolute atomic E-state index is 13.5. The zero-order valence-electron chi connectivity index (χ0n) is 11.0. The second kappa shape index (κ2) is 5.97. The maximum Gasteiger partial charge on any atom is 0.328 e. The predicted molar refractivity (Wildman–Crippen MR) is 72.2 cm³/mol. The van der Waals surface area contributed by atoms with E-state index in [0.29, 0.717) is 18.2 Å². The average molecular weight is 263 g/mol. The number of carbonyl (C=O) groups is 1. The van der Waals surface area contributed by atoms with E-state index < -0.39 is 5.97 Å². The van der Waals surface area contributed by atoms with Crippen molar-refractivity contribution in [3.05, 3.63) is 41.2 Å². The van der Waals surface area contributed by atoms with Gasteiger partial charge >= 0.3 is 5.97 Å². The molecule has 0 saturated heterocycles. The third-order valence-electron chi connectivity index (χ3n) is 3.25. The molecule has 1 aromatic rings. The van der Waals surface area contributed by atoms with Crippen LogP contribution in [0.1, 0.15) is 30.9 Å². The first-order valence-corrected chi connectivity index (χ1v) is 6.53. The van der Waals surface area contributed by atoms with Gasteiger partial charge in [-0.25, -0.2) is 9.18 Å². The molecule has 0 unspecified atom stereocenters. The maximum atomic E-state index is 13.5. The van der Waals surface area contributed by atoms with E-state index in [-0.39, 0.29) is 5.82 Å². The summed E-state index contributed by atoms with van der Waals surface area (Å²) in [6, 6.07) is 5.33. The summed E-state index contributed by atoms with van der Waals surface area (Å²) in [5.74, 6) is -1.35. The molecule has 1 N–H and O–H groups in total. The molecule has 0 atom stereocenters. The van der Waals surface area contributed by atoms with Crippen LogP contribution in [0.15, 0.2) is 24.3 Å². The molecule has 0 aromatic heterocycles. The van der Waals surface area contributed by atoms with Crippen molar-refractivity contribution in [2.24, 2.45) is 0 Å². The van der Waals surface area contributed by atoms with E-state index in [1.165, 1.54) is 31.1 Å². The molecule has 0 bridgehead atoms. The lowest BCUT2D eigenvalue weighted by atomic mass is 10.1. The molecule has 0 heterocycles. The Morgan fingerprint density at radius 3 is 2.79 bits per heavy atom. The largest absolute Gasteiger partial charge is 0.478 e. The van der Waals surface area contributed by atoms with Crippen LogP contribution >= 0.6 is 0 Å². The van der Waals surface area contributed by atoms with Crippen LogP contribution < -0.4 is 0 Å². The quantitative estimate of drug-likeness (QED) is 0.802. The number of halogens is 1. The van der Waals surface area contributed by atoms with E-state index in [4.69, 9.17) is 5.11 Å². The Hall–Kier alpha value is -1.68. The molecule has 2 rings (SSSR count). The Bertz CT molecular complexity index is 495. The standard InChI is InChI=1S/C15H18FNO2/c1-2-17(14-4-5-14)10-12-7-11(3-6-15(18)19)8-13(16)9-12/h3,6-9,14H,2,4-5,10H2,1H3,(H,18,19). The van der Waals surface area contributed by atoms with Crippen LogP contribution in [0.3, 0.4) is 0 Å². The molecular formula is C15H18FNO2. The van der Waals surface area contributed by atoms with Gasteiger partial charge in [-0.2, -0.15) is 0 Å². The molecule has 1 aliphatic rings. The SMILES string of the molecule is CCN(Cc1cc(F)cc(C=CC(=O)O)c1)C1CC1. The second-order valence-electron chi connectivity index (χ2n) is 4.86. The number of rotatable bonds is 6. The Balaban J connectivity index is 2.13. The number of aliphatic carboxylic acids is 1. The Kier molecular flexibility index (Phi) is 4.32. The van der Waals surface area contributed by atoms with E-state index in [2.05, 4.69) is 11.8 Å². The fraction of sp³-hybridized carbons (Fsp3) is 0.400. The average Bonchev–Trinajstić information content (AvgIpc) is 3.17. The van der Waals surface area contributed by atoms with Crippen molar-refractivity contribution in [3.8, 4) is 0 Å². The minimum Gasteiger partial charge on any atom is -0.478 e. The highest BCUT2D eigenvalue weighted by atomic mass is 19.1. The first kappa shape index (κ1) is 13.7. The molecule has 1 saturated carbocycles. The summed E-state index contributed by atoms with van der Waals surface area (Å²) in [6.07, 6.45) is 4.88. The predicted octanol–water partition coefficient (Wildman–Crippen LogP) is 2.91. The summed E-state index contributed by atoms with van der Waals surface area (Å²) >= 11 is 0. The Morgan fingerprint density at radius 2 is 2.21 bits per heavy atom. The lowest BCUT2D eigenvalue weighted by Crippen LogP contribution is -2.25. The summed E-state index contributed by atoms with van der Waals surface area (Å²) in [5, 5.41) is 8.59. The first-order valence-electron chi connectivity index (χ1n) is 6.53. The van der Waals surface area contributed by atoms with Gasteiger partial charge in [0.1, 0.15) is 5.82 Å². The van der Waals surface area contributed by atoms with Gasteiger partial charge in [0.25, 0.3) is 0 Å². The Labute approximate surface area is 112 Å². The monoisotopic (exact) mass is 263 g/mol. The summed E-state index contributed by atoms with van der Waals surface area (Å²) in [7, 11) is 0. The van der Waals surface area contributed by atoms with Gasteiger partial charge in [-0.1, -0.05) is 13.0 Å². The van der Waals surface area contributed by atoms with Crippen LogP contribution in [0.25, 0.3) is 6.08 Å². The van der Waals surface area contributed by atoms with Crippen molar-refractivity contribution < 1.29 is 14.3 Å². The molecule has 0 radical (unpaired) electrons. The fourth-order valence-corrected chi connectivity index (χ4v) is 2.20. The van der Waals surface area contributed by atoms with Gasteiger partial charge in [-0.15, -0.1) is 0 Å². The molecule has 0 aliphatic heterocycles. The van der Waals surface area contributed by atoms with Crippen molar-refractivity contribution in [1.82, 2.24) is 4.90 Å². The highest BCUT2D eigenvalue weighted by Gasteiger charge is 2.27. The van der Waals surface area contributed by atoms with Crippen molar-refractivity contribution in [1.29, 1.82) is 0 Å². The van der Waals surface area contributed by atoms with Gasteiger partial charge in [0.2, 0.25) is 0 Å². The van der Waals surface area contributed by atoms with Crippen molar-refractivity contribution in [2.45, 2.75) is 32.4 Å². The number of hydrogen-bond acceptors (Lipinski definition) is 2. The third-order valence-corrected chi connectivity index (χ3v) is 3.25. The summed E-state index contributed by atoms with van der Waals surface area (Å²) in [6.45, 7) is 3.76. The second-order valence-corrected chi connectivity index (χ2v) is 4.86. The molecule has 102 valence electrons. The van der Waals surface area contributed by atoms with Gasteiger partial charge in [0, 0.05) is 18.7 Å². The van der Waals surface area contributed by atoms with Crippen molar-refractivity contribution >= 4 is 12.0 Å². The summed E-state index contributed by atoms with van der Waals surface area (Å²) in [5.41, 5.74) is 1.48. The molecule has 4 heteroatoms. The topological polar surface area (TPSA) is 40.5 Å². The molecule has 1 fully saturated rings. The molecule has 1 aromatic carbocycles. The van der Waals surface area contributed by atoms with Crippen LogP contribution in [0.5, 0.6) is 0 Å². The van der Waals surface area contributed by atoms with E-state index >= 15 is 0 Å². The van der Waals surface area contributed by atoms with Crippen LogP contribution in [-0.4, -0.2) is 28.6 Å². The van der Waals surface area contributed by atoms with Gasteiger partial charge in [0.05, 0.1) is 0 Å². The fourth-order valence-electron chi connectivity index (χ4n) is 2.20.